The van der Waals surface area contributed by atoms with Crippen molar-refractivity contribution in [2.45, 2.75) is 13.5 Å². The van der Waals surface area contributed by atoms with Crippen molar-refractivity contribution in [2.24, 2.45) is 0 Å². The standard InChI is InChI=1S/C13H18N4O2/c1-3-14-11-6-4-5-10(15-11)7-17-9-12(18)16(2)8-13(17)19/h4-6H,3,7-9H2,1-2H3,(H,14,15). The molecular weight excluding hydrogens is 244 g/mol. The van der Waals surface area contributed by atoms with Crippen LogP contribution in [0.2, 0.25) is 0 Å². The maximum absolute atomic E-state index is 11.9. The van der Waals surface area contributed by atoms with Crippen molar-refractivity contribution in [3.05, 3.63) is 23.9 Å². The molecule has 1 aromatic rings. The predicted octanol–water partition coefficient (Wildman–Crippen LogP) is 0.314. The van der Waals surface area contributed by atoms with Gasteiger partial charge in [-0.25, -0.2) is 4.98 Å². The van der Waals surface area contributed by atoms with Crippen LogP contribution in [0.5, 0.6) is 0 Å². The molecule has 0 radical (unpaired) electrons. The first-order chi connectivity index (χ1) is 9.10. The molecule has 1 saturated heterocycles. The number of aromatic nitrogens is 1. The normalized spacial score (nSPS) is 15.9. The van der Waals surface area contributed by atoms with Gasteiger partial charge in [0.2, 0.25) is 11.8 Å². The minimum atomic E-state index is -0.0437. The molecule has 1 aromatic heterocycles. The molecule has 1 aliphatic rings. The summed E-state index contributed by atoms with van der Waals surface area (Å²) in [5, 5.41) is 3.12. The average molecular weight is 262 g/mol. The summed E-state index contributed by atoms with van der Waals surface area (Å²) in [6, 6.07) is 5.63. The summed E-state index contributed by atoms with van der Waals surface area (Å²) in [6.07, 6.45) is 0. The maximum atomic E-state index is 11.9. The maximum Gasteiger partial charge on any atom is 0.243 e. The van der Waals surface area contributed by atoms with Crippen LogP contribution in [0.25, 0.3) is 0 Å². The minimum absolute atomic E-state index is 0.0394. The molecule has 102 valence electrons. The van der Waals surface area contributed by atoms with Gasteiger partial charge in [0.15, 0.2) is 0 Å². The van der Waals surface area contributed by atoms with Crippen LogP contribution in [-0.2, 0) is 16.1 Å². The third kappa shape index (κ3) is 3.21. The number of hydrogen-bond acceptors (Lipinski definition) is 4. The Morgan fingerprint density at radius 3 is 2.79 bits per heavy atom. The molecule has 0 spiro atoms. The highest BCUT2D eigenvalue weighted by Crippen LogP contribution is 2.10. The van der Waals surface area contributed by atoms with Gasteiger partial charge in [-0.2, -0.15) is 0 Å². The highest BCUT2D eigenvalue weighted by molar-refractivity contribution is 5.92. The lowest BCUT2D eigenvalue weighted by molar-refractivity contribution is -0.149. The molecule has 1 N–H and O–H groups in total. The van der Waals surface area contributed by atoms with E-state index in [9.17, 15) is 9.59 Å². The molecule has 2 heterocycles. The molecule has 6 heteroatoms. The van der Waals surface area contributed by atoms with Gasteiger partial charge in [0, 0.05) is 13.6 Å². The van der Waals surface area contributed by atoms with Crippen molar-refractivity contribution in [3.63, 3.8) is 0 Å². The molecule has 0 atom stereocenters. The summed E-state index contributed by atoms with van der Waals surface area (Å²) >= 11 is 0. The van der Waals surface area contributed by atoms with Crippen molar-refractivity contribution in [1.82, 2.24) is 14.8 Å². The number of carbonyl (C=O) groups is 2. The fourth-order valence-corrected chi connectivity index (χ4v) is 1.95. The molecule has 19 heavy (non-hydrogen) atoms. The molecule has 0 saturated carbocycles. The molecular formula is C13H18N4O2. The smallest absolute Gasteiger partial charge is 0.243 e. The van der Waals surface area contributed by atoms with Gasteiger partial charge >= 0.3 is 0 Å². The van der Waals surface area contributed by atoms with E-state index in [0.29, 0.717) is 6.54 Å². The van der Waals surface area contributed by atoms with Crippen LogP contribution >= 0.6 is 0 Å². The van der Waals surface area contributed by atoms with E-state index in [2.05, 4.69) is 10.3 Å². The molecule has 0 bridgehead atoms. The molecule has 0 aliphatic carbocycles. The van der Waals surface area contributed by atoms with E-state index in [1.807, 2.05) is 25.1 Å². The van der Waals surface area contributed by atoms with Crippen molar-refractivity contribution in [3.8, 4) is 0 Å². The van der Waals surface area contributed by atoms with E-state index in [1.165, 1.54) is 4.90 Å². The second-order valence-corrected chi connectivity index (χ2v) is 4.54. The lowest BCUT2D eigenvalue weighted by atomic mass is 10.2. The van der Waals surface area contributed by atoms with Gasteiger partial charge in [-0.3, -0.25) is 9.59 Å². The molecule has 0 aromatic carbocycles. The van der Waals surface area contributed by atoms with Crippen molar-refractivity contribution in [1.29, 1.82) is 0 Å². The van der Waals surface area contributed by atoms with Crippen molar-refractivity contribution < 1.29 is 9.59 Å². The van der Waals surface area contributed by atoms with Gasteiger partial charge < -0.3 is 15.1 Å². The second-order valence-electron chi connectivity index (χ2n) is 4.54. The van der Waals surface area contributed by atoms with E-state index in [0.717, 1.165) is 18.1 Å². The van der Waals surface area contributed by atoms with Crippen LogP contribution in [0, 0.1) is 0 Å². The zero-order valence-electron chi connectivity index (χ0n) is 11.2. The first-order valence-electron chi connectivity index (χ1n) is 6.31. The molecule has 0 unspecified atom stereocenters. The zero-order chi connectivity index (χ0) is 13.8. The summed E-state index contributed by atoms with van der Waals surface area (Å²) in [5.41, 5.74) is 0.782. The number of carbonyl (C=O) groups excluding carboxylic acids is 2. The third-order valence-corrected chi connectivity index (χ3v) is 2.99. The largest absolute Gasteiger partial charge is 0.370 e. The summed E-state index contributed by atoms with van der Waals surface area (Å²) in [6.45, 7) is 3.44. The molecule has 2 amide bonds. The monoisotopic (exact) mass is 262 g/mol. The Bertz CT molecular complexity index is 489. The van der Waals surface area contributed by atoms with Gasteiger partial charge in [0.1, 0.15) is 12.4 Å². The molecule has 2 rings (SSSR count). The van der Waals surface area contributed by atoms with E-state index in [1.54, 1.807) is 11.9 Å². The van der Waals surface area contributed by atoms with Crippen LogP contribution in [0.4, 0.5) is 5.82 Å². The van der Waals surface area contributed by atoms with E-state index < -0.39 is 0 Å². The average Bonchev–Trinajstić information content (AvgIpc) is 2.37. The summed E-state index contributed by atoms with van der Waals surface area (Å²) in [4.78, 5) is 30.9. The van der Waals surface area contributed by atoms with Crippen LogP contribution in [0.15, 0.2) is 18.2 Å². The topological polar surface area (TPSA) is 65.5 Å². The summed E-state index contributed by atoms with van der Waals surface area (Å²) < 4.78 is 0. The minimum Gasteiger partial charge on any atom is -0.370 e. The SMILES string of the molecule is CCNc1cccc(CN2CC(=O)N(C)CC2=O)n1. The predicted molar refractivity (Wildman–Crippen MR) is 71.5 cm³/mol. The van der Waals surface area contributed by atoms with Crippen LogP contribution in [-0.4, -0.2) is 53.3 Å². The second kappa shape index (κ2) is 5.69. The number of likely N-dealkylation sites (N-methyl/N-ethyl adjacent to an activating group) is 1. The number of rotatable bonds is 4. The van der Waals surface area contributed by atoms with Gasteiger partial charge in [-0.1, -0.05) is 6.07 Å². The molecule has 1 aliphatic heterocycles. The number of hydrogen-bond donors (Lipinski definition) is 1. The highest BCUT2D eigenvalue weighted by Gasteiger charge is 2.27. The summed E-state index contributed by atoms with van der Waals surface area (Å²) in [7, 11) is 1.64. The zero-order valence-corrected chi connectivity index (χ0v) is 11.2. The summed E-state index contributed by atoms with van der Waals surface area (Å²) in [5.74, 6) is 0.702. The number of pyridine rings is 1. The third-order valence-electron chi connectivity index (χ3n) is 2.99. The first kappa shape index (κ1) is 13.3. The number of amides is 2. The number of nitrogens with one attached hydrogen (secondary N) is 1. The number of piperazine rings is 1. The van der Waals surface area contributed by atoms with Crippen LogP contribution in [0.1, 0.15) is 12.6 Å². The Hall–Kier alpha value is -2.11. The van der Waals surface area contributed by atoms with Crippen LogP contribution in [0.3, 0.4) is 0 Å². The Balaban J connectivity index is 2.06. The number of nitrogens with zero attached hydrogens (tertiary/aromatic N) is 3. The quantitative estimate of drug-likeness (QED) is 0.848. The number of anilines is 1. The lowest BCUT2D eigenvalue weighted by Crippen LogP contribution is -2.51. The molecule has 6 nitrogen and oxygen atoms in total. The Morgan fingerprint density at radius 1 is 1.26 bits per heavy atom. The Kier molecular flexibility index (Phi) is 3.99. The van der Waals surface area contributed by atoms with E-state index in [-0.39, 0.29) is 24.9 Å². The van der Waals surface area contributed by atoms with E-state index >= 15 is 0 Å². The van der Waals surface area contributed by atoms with Gasteiger partial charge in [-0.15, -0.1) is 0 Å². The highest BCUT2D eigenvalue weighted by atomic mass is 16.2. The van der Waals surface area contributed by atoms with Crippen molar-refractivity contribution >= 4 is 17.6 Å². The fourth-order valence-electron chi connectivity index (χ4n) is 1.95. The van der Waals surface area contributed by atoms with Gasteiger partial charge in [0.25, 0.3) is 0 Å². The first-order valence-corrected chi connectivity index (χ1v) is 6.31. The van der Waals surface area contributed by atoms with Gasteiger partial charge in [-0.05, 0) is 19.1 Å². The van der Waals surface area contributed by atoms with Crippen molar-refractivity contribution in [2.75, 3.05) is 32.0 Å². The fraction of sp³-hybridized carbons (Fsp3) is 0.462. The lowest BCUT2D eigenvalue weighted by Gasteiger charge is -2.31. The Labute approximate surface area is 112 Å². The van der Waals surface area contributed by atoms with E-state index in [4.69, 9.17) is 0 Å². The van der Waals surface area contributed by atoms with Crippen LogP contribution < -0.4 is 5.32 Å². The molecule has 1 fully saturated rings. The van der Waals surface area contributed by atoms with Gasteiger partial charge in [0.05, 0.1) is 18.8 Å². The Morgan fingerprint density at radius 2 is 2.05 bits per heavy atom.